The molecule has 0 aliphatic carbocycles. The fraction of sp³-hybridized carbons (Fsp3) is 0.143. The number of nitrogens with zero attached hydrogens (tertiary/aromatic N) is 2. The maximum absolute atomic E-state index is 5.79. The van der Waals surface area contributed by atoms with Crippen LogP contribution in [0.2, 0.25) is 0 Å². The summed E-state index contributed by atoms with van der Waals surface area (Å²) >= 11 is 0. The number of ether oxygens (including phenoxy) is 2. The number of aromatic nitrogens is 2. The first-order valence-corrected chi connectivity index (χ1v) is 8.37. The van der Waals surface area contributed by atoms with Gasteiger partial charge in [-0.25, -0.2) is 0 Å². The van der Waals surface area contributed by atoms with Crippen LogP contribution in [0.1, 0.15) is 17.3 Å². The van der Waals surface area contributed by atoms with E-state index >= 15 is 0 Å². The standard InChI is InChI=1S/C21H18N2O3/c1-24-19-9-5-4-8-17(19)13-20-22-21(26-23-20)14-25-18-11-10-15-6-2-3-7-16(15)12-18/h2-12H,13-14H2,1H3. The van der Waals surface area contributed by atoms with E-state index in [0.717, 1.165) is 22.4 Å². The Morgan fingerprint density at radius 3 is 2.62 bits per heavy atom. The largest absolute Gasteiger partial charge is 0.496 e. The van der Waals surface area contributed by atoms with Gasteiger partial charge in [0.1, 0.15) is 11.5 Å². The summed E-state index contributed by atoms with van der Waals surface area (Å²) in [5.74, 6) is 2.63. The van der Waals surface area contributed by atoms with Gasteiger partial charge in [-0.05, 0) is 29.0 Å². The summed E-state index contributed by atoms with van der Waals surface area (Å²) in [6, 6.07) is 21.9. The minimum atomic E-state index is 0.233. The SMILES string of the molecule is COc1ccccc1Cc1noc(COc2ccc3ccccc3c2)n1. The van der Waals surface area contributed by atoms with Crippen LogP contribution in [0.25, 0.3) is 10.8 Å². The van der Waals surface area contributed by atoms with E-state index in [4.69, 9.17) is 14.0 Å². The molecular weight excluding hydrogens is 328 g/mol. The van der Waals surface area contributed by atoms with Gasteiger partial charge in [-0.2, -0.15) is 4.98 Å². The third kappa shape index (κ3) is 3.52. The number of hydrogen-bond donors (Lipinski definition) is 0. The van der Waals surface area contributed by atoms with Crippen LogP contribution in [0.5, 0.6) is 11.5 Å². The Bertz CT molecular complexity index is 1030. The molecule has 0 atom stereocenters. The van der Waals surface area contributed by atoms with Crippen molar-refractivity contribution in [2.75, 3.05) is 7.11 Å². The summed E-state index contributed by atoms with van der Waals surface area (Å²) in [5.41, 5.74) is 1.01. The molecule has 1 aromatic heterocycles. The van der Waals surface area contributed by atoms with E-state index in [1.54, 1.807) is 7.11 Å². The Morgan fingerprint density at radius 1 is 0.923 bits per heavy atom. The summed E-state index contributed by atoms with van der Waals surface area (Å²) in [7, 11) is 1.65. The molecular formula is C21H18N2O3. The molecule has 5 nitrogen and oxygen atoms in total. The number of methoxy groups -OCH3 is 1. The first-order chi connectivity index (χ1) is 12.8. The summed E-state index contributed by atoms with van der Waals surface area (Å²) in [4.78, 5) is 4.40. The second-order valence-corrected chi connectivity index (χ2v) is 5.89. The molecule has 0 N–H and O–H groups in total. The molecule has 26 heavy (non-hydrogen) atoms. The van der Waals surface area contributed by atoms with Crippen LogP contribution >= 0.6 is 0 Å². The van der Waals surface area contributed by atoms with E-state index in [0.29, 0.717) is 18.1 Å². The Kier molecular flexibility index (Phi) is 4.51. The van der Waals surface area contributed by atoms with Gasteiger partial charge >= 0.3 is 0 Å². The van der Waals surface area contributed by atoms with E-state index in [1.165, 1.54) is 5.39 Å². The van der Waals surface area contributed by atoms with Gasteiger partial charge in [0.05, 0.1) is 7.11 Å². The van der Waals surface area contributed by atoms with E-state index in [2.05, 4.69) is 22.3 Å². The lowest BCUT2D eigenvalue weighted by Gasteiger charge is -2.05. The normalized spacial score (nSPS) is 10.8. The van der Waals surface area contributed by atoms with E-state index in [9.17, 15) is 0 Å². The number of para-hydroxylation sites is 1. The minimum Gasteiger partial charge on any atom is -0.496 e. The fourth-order valence-corrected chi connectivity index (χ4v) is 2.84. The quantitative estimate of drug-likeness (QED) is 0.518. The number of fused-ring (bicyclic) bond motifs is 1. The van der Waals surface area contributed by atoms with Crippen molar-refractivity contribution in [1.82, 2.24) is 10.1 Å². The summed E-state index contributed by atoms with van der Waals surface area (Å²) in [5, 5.41) is 6.34. The Balaban J connectivity index is 1.43. The summed E-state index contributed by atoms with van der Waals surface area (Å²) in [6.07, 6.45) is 0.545. The van der Waals surface area contributed by atoms with E-state index in [1.807, 2.05) is 54.6 Å². The van der Waals surface area contributed by atoms with E-state index in [-0.39, 0.29) is 6.61 Å². The van der Waals surface area contributed by atoms with Crippen molar-refractivity contribution >= 4 is 10.8 Å². The average Bonchev–Trinajstić information content (AvgIpc) is 3.14. The molecule has 1 heterocycles. The van der Waals surface area contributed by atoms with Crippen LogP contribution in [-0.4, -0.2) is 17.3 Å². The van der Waals surface area contributed by atoms with Crippen molar-refractivity contribution in [3.8, 4) is 11.5 Å². The zero-order valence-electron chi connectivity index (χ0n) is 14.4. The second kappa shape index (κ2) is 7.27. The Hall–Kier alpha value is -3.34. The highest BCUT2D eigenvalue weighted by atomic mass is 16.5. The highest BCUT2D eigenvalue weighted by Gasteiger charge is 2.10. The van der Waals surface area contributed by atoms with Gasteiger partial charge in [-0.15, -0.1) is 0 Å². The molecule has 5 heteroatoms. The molecule has 3 aromatic carbocycles. The van der Waals surface area contributed by atoms with Crippen LogP contribution in [-0.2, 0) is 13.0 Å². The van der Waals surface area contributed by atoms with Gasteiger partial charge in [0.15, 0.2) is 12.4 Å². The van der Waals surface area contributed by atoms with Gasteiger partial charge in [0, 0.05) is 12.0 Å². The highest BCUT2D eigenvalue weighted by Crippen LogP contribution is 2.22. The molecule has 4 rings (SSSR count). The monoisotopic (exact) mass is 346 g/mol. The molecule has 0 fully saturated rings. The van der Waals surface area contributed by atoms with Crippen LogP contribution in [0.15, 0.2) is 71.3 Å². The van der Waals surface area contributed by atoms with Crippen molar-refractivity contribution in [3.05, 3.63) is 84.0 Å². The third-order valence-corrected chi connectivity index (χ3v) is 4.13. The minimum absolute atomic E-state index is 0.233. The predicted molar refractivity (Wildman–Crippen MR) is 98.4 cm³/mol. The van der Waals surface area contributed by atoms with Crippen molar-refractivity contribution in [1.29, 1.82) is 0 Å². The molecule has 0 spiro atoms. The van der Waals surface area contributed by atoms with E-state index < -0.39 is 0 Å². The number of rotatable bonds is 6. The van der Waals surface area contributed by atoms with Crippen LogP contribution in [0, 0.1) is 0 Å². The van der Waals surface area contributed by atoms with Gasteiger partial charge in [-0.3, -0.25) is 0 Å². The molecule has 0 unspecified atom stereocenters. The van der Waals surface area contributed by atoms with Crippen molar-refractivity contribution < 1.29 is 14.0 Å². The van der Waals surface area contributed by atoms with Gasteiger partial charge in [0.25, 0.3) is 5.89 Å². The topological polar surface area (TPSA) is 57.4 Å². The van der Waals surface area contributed by atoms with Crippen molar-refractivity contribution in [2.24, 2.45) is 0 Å². The maximum atomic E-state index is 5.79. The first kappa shape index (κ1) is 16.1. The summed E-state index contributed by atoms with van der Waals surface area (Å²) in [6.45, 7) is 0.233. The predicted octanol–water partition coefficient (Wildman–Crippen LogP) is 4.40. The summed E-state index contributed by atoms with van der Waals surface area (Å²) < 4.78 is 16.4. The molecule has 0 saturated carbocycles. The van der Waals surface area contributed by atoms with Gasteiger partial charge in [-0.1, -0.05) is 53.7 Å². The lowest BCUT2D eigenvalue weighted by atomic mass is 10.1. The van der Waals surface area contributed by atoms with Crippen LogP contribution in [0.4, 0.5) is 0 Å². The number of benzene rings is 3. The van der Waals surface area contributed by atoms with Gasteiger partial charge < -0.3 is 14.0 Å². The van der Waals surface area contributed by atoms with Crippen LogP contribution < -0.4 is 9.47 Å². The number of hydrogen-bond acceptors (Lipinski definition) is 5. The highest BCUT2D eigenvalue weighted by molar-refractivity contribution is 5.83. The smallest absolute Gasteiger partial charge is 0.264 e. The third-order valence-electron chi connectivity index (χ3n) is 4.13. The lowest BCUT2D eigenvalue weighted by molar-refractivity contribution is 0.242. The first-order valence-electron chi connectivity index (χ1n) is 8.37. The average molecular weight is 346 g/mol. The molecule has 4 aromatic rings. The fourth-order valence-electron chi connectivity index (χ4n) is 2.84. The zero-order chi connectivity index (χ0) is 17.8. The van der Waals surface area contributed by atoms with Crippen LogP contribution in [0.3, 0.4) is 0 Å². The Morgan fingerprint density at radius 2 is 1.73 bits per heavy atom. The molecule has 0 radical (unpaired) electrons. The Labute approximate surface area is 151 Å². The molecule has 0 bridgehead atoms. The molecule has 130 valence electrons. The second-order valence-electron chi connectivity index (χ2n) is 5.89. The molecule has 0 aliphatic rings. The molecule has 0 amide bonds. The van der Waals surface area contributed by atoms with Gasteiger partial charge in [0.2, 0.25) is 0 Å². The van der Waals surface area contributed by atoms with Crippen molar-refractivity contribution in [3.63, 3.8) is 0 Å². The lowest BCUT2D eigenvalue weighted by Crippen LogP contribution is -1.98. The zero-order valence-corrected chi connectivity index (χ0v) is 14.4. The molecule has 0 saturated heterocycles. The van der Waals surface area contributed by atoms with Crippen molar-refractivity contribution in [2.45, 2.75) is 13.0 Å². The molecule has 0 aliphatic heterocycles. The maximum Gasteiger partial charge on any atom is 0.264 e.